The Morgan fingerprint density at radius 3 is 2.71 bits per heavy atom. The van der Waals surface area contributed by atoms with Crippen LogP contribution in [0, 0.1) is 6.92 Å². The lowest BCUT2D eigenvalue weighted by Gasteiger charge is -2.08. The zero-order valence-electron chi connectivity index (χ0n) is 13.4. The highest BCUT2D eigenvalue weighted by Crippen LogP contribution is 2.13. The van der Waals surface area contributed by atoms with Crippen LogP contribution in [0.3, 0.4) is 0 Å². The van der Waals surface area contributed by atoms with Gasteiger partial charge in [-0.3, -0.25) is 9.78 Å². The van der Waals surface area contributed by atoms with Crippen molar-refractivity contribution in [3.63, 3.8) is 0 Å². The summed E-state index contributed by atoms with van der Waals surface area (Å²) in [5.74, 6) is 0.279. The van der Waals surface area contributed by atoms with Gasteiger partial charge in [0.15, 0.2) is 0 Å². The minimum Gasteiger partial charge on any atom is -0.380 e. The summed E-state index contributed by atoms with van der Waals surface area (Å²) in [5.41, 5.74) is 3.85. The predicted octanol–water partition coefficient (Wildman–Crippen LogP) is 3.65. The second-order valence-corrected chi connectivity index (χ2v) is 5.47. The third kappa shape index (κ3) is 4.16. The molecule has 2 aromatic heterocycles. The van der Waals surface area contributed by atoms with E-state index in [2.05, 4.69) is 45.7 Å². The van der Waals surface area contributed by atoms with E-state index in [1.54, 1.807) is 30.6 Å². The first-order chi connectivity index (χ1) is 11.7. The summed E-state index contributed by atoms with van der Waals surface area (Å²) in [6.45, 7) is 2.80. The molecule has 5 nitrogen and oxygen atoms in total. The summed E-state index contributed by atoms with van der Waals surface area (Å²) in [7, 11) is 0. The zero-order valence-corrected chi connectivity index (χ0v) is 13.4. The van der Waals surface area contributed by atoms with E-state index in [0.717, 1.165) is 12.2 Å². The topological polar surface area (TPSA) is 66.9 Å². The molecule has 0 aliphatic heterocycles. The van der Waals surface area contributed by atoms with Gasteiger partial charge in [-0.25, -0.2) is 4.98 Å². The van der Waals surface area contributed by atoms with Gasteiger partial charge in [-0.2, -0.15) is 0 Å². The average Bonchev–Trinajstić information content (AvgIpc) is 2.62. The van der Waals surface area contributed by atoms with E-state index in [0.29, 0.717) is 11.4 Å². The number of hydrogen-bond acceptors (Lipinski definition) is 4. The van der Waals surface area contributed by atoms with Gasteiger partial charge in [0.25, 0.3) is 5.91 Å². The lowest BCUT2D eigenvalue weighted by atomic mass is 10.1. The van der Waals surface area contributed by atoms with Gasteiger partial charge in [0.2, 0.25) is 0 Å². The largest absolute Gasteiger partial charge is 0.380 e. The summed E-state index contributed by atoms with van der Waals surface area (Å²) in [6.07, 6.45) is 4.85. The van der Waals surface area contributed by atoms with Crippen molar-refractivity contribution >= 4 is 17.4 Å². The summed E-state index contributed by atoms with van der Waals surface area (Å²) >= 11 is 0. The third-order valence-electron chi connectivity index (χ3n) is 3.51. The first-order valence-corrected chi connectivity index (χ1v) is 7.67. The Morgan fingerprint density at radius 2 is 2.00 bits per heavy atom. The average molecular weight is 318 g/mol. The number of nitrogens with zero attached hydrogens (tertiary/aromatic N) is 2. The predicted molar refractivity (Wildman–Crippen MR) is 94.9 cm³/mol. The van der Waals surface area contributed by atoms with Crippen molar-refractivity contribution in [3.05, 3.63) is 83.8 Å². The van der Waals surface area contributed by atoms with Gasteiger partial charge in [-0.1, -0.05) is 29.8 Å². The van der Waals surface area contributed by atoms with Crippen molar-refractivity contribution in [2.24, 2.45) is 0 Å². The normalized spacial score (nSPS) is 10.2. The fraction of sp³-hybridized carbons (Fsp3) is 0.105. The highest BCUT2D eigenvalue weighted by atomic mass is 16.1. The molecule has 5 heteroatoms. The number of pyridine rings is 2. The van der Waals surface area contributed by atoms with E-state index in [4.69, 9.17) is 0 Å². The fourth-order valence-corrected chi connectivity index (χ4v) is 2.28. The number of nitrogens with one attached hydrogen (secondary N) is 2. The Balaban J connectivity index is 1.58. The maximum Gasteiger partial charge on any atom is 0.258 e. The number of benzene rings is 1. The molecule has 2 heterocycles. The van der Waals surface area contributed by atoms with Crippen molar-refractivity contribution < 1.29 is 4.79 Å². The number of aryl methyl sites for hydroxylation is 1. The molecule has 2 N–H and O–H groups in total. The molecule has 1 amide bonds. The highest BCUT2D eigenvalue weighted by Gasteiger charge is 2.06. The zero-order chi connectivity index (χ0) is 16.8. The number of rotatable bonds is 5. The van der Waals surface area contributed by atoms with Crippen LogP contribution in [-0.2, 0) is 6.54 Å². The SMILES string of the molecule is Cc1cccc(CNc2ccc(NC(=O)c3cccnc3)nc2)c1. The molecule has 120 valence electrons. The van der Waals surface area contributed by atoms with E-state index in [1.807, 2.05) is 12.1 Å². The number of anilines is 2. The molecule has 0 unspecified atom stereocenters. The molecule has 0 bridgehead atoms. The lowest BCUT2D eigenvalue weighted by Crippen LogP contribution is -2.13. The molecule has 0 aliphatic rings. The minimum absolute atomic E-state index is 0.226. The number of carbonyl (C=O) groups excluding carboxylic acids is 1. The highest BCUT2D eigenvalue weighted by molar-refractivity contribution is 6.03. The van der Waals surface area contributed by atoms with Gasteiger partial charge >= 0.3 is 0 Å². The van der Waals surface area contributed by atoms with Crippen molar-refractivity contribution in [1.82, 2.24) is 9.97 Å². The Bertz CT molecular complexity index is 816. The van der Waals surface area contributed by atoms with Crippen molar-refractivity contribution in [3.8, 4) is 0 Å². The summed E-state index contributed by atoms with van der Waals surface area (Å²) in [6, 6.07) is 15.4. The summed E-state index contributed by atoms with van der Waals surface area (Å²) in [4.78, 5) is 20.2. The van der Waals surface area contributed by atoms with Gasteiger partial charge in [-0.05, 0) is 36.8 Å². The van der Waals surface area contributed by atoms with Crippen LogP contribution in [0.5, 0.6) is 0 Å². The first kappa shape index (κ1) is 15.7. The molecule has 3 aromatic rings. The Kier molecular flexibility index (Phi) is 4.81. The van der Waals surface area contributed by atoms with Crippen molar-refractivity contribution in [2.75, 3.05) is 10.6 Å². The van der Waals surface area contributed by atoms with E-state index < -0.39 is 0 Å². The van der Waals surface area contributed by atoms with Gasteiger partial charge in [0.05, 0.1) is 17.4 Å². The standard InChI is InChI=1S/C19H18N4O/c1-14-4-2-5-15(10-14)11-21-17-7-8-18(22-13-17)23-19(24)16-6-3-9-20-12-16/h2-10,12-13,21H,11H2,1H3,(H,22,23,24). The van der Waals surface area contributed by atoms with Gasteiger partial charge in [0, 0.05) is 18.9 Å². The Morgan fingerprint density at radius 1 is 1.08 bits per heavy atom. The Labute approximate surface area is 140 Å². The Hall–Kier alpha value is -3.21. The molecule has 0 radical (unpaired) electrons. The monoisotopic (exact) mass is 318 g/mol. The fourth-order valence-electron chi connectivity index (χ4n) is 2.28. The first-order valence-electron chi connectivity index (χ1n) is 7.67. The van der Waals surface area contributed by atoms with E-state index in [1.165, 1.54) is 17.3 Å². The van der Waals surface area contributed by atoms with Crippen LogP contribution in [0.15, 0.2) is 67.1 Å². The number of hydrogen-bond donors (Lipinski definition) is 2. The molecule has 1 aromatic carbocycles. The third-order valence-corrected chi connectivity index (χ3v) is 3.51. The maximum atomic E-state index is 12.0. The molecule has 0 saturated carbocycles. The summed E-state index contributed by atoms with van der Waals surface area (Å²) in [5, 5.41) is 6.06. The van der Waals surface area contributed by atoms with E-state index >= 15 is 0 Å². The van der Waals surface area contributed by atoms with Crippen molar-refractivity contribution in [2.45, 2.75) is 13.5 Å². The molecule has 0 aliphatic carbocycles. The van der Waals surface area contributed by atoms with Crippen LogP contribution in [0.1, 0.15) is 21.5 Å². The molecule has 0 fully saturated rings. The van der Waals surface area contributed by atoms with Crippen LogP contribution in [0.2, 0.25) is 0 Å². The van der Waals surface area contributed by atoms with Crippen LogP contribution in [0.25, 0.3) is 0 Å². The van der Waals surface area contributed by atoms with Crippen LogP contribution < -0.4 is 10.6 Å². The molecule has 24 heavy (non-hydrogen) atoms. The number of carbonyl (C=O) groups is 1. The molecule has 0 spiro atoms. The molecule has 3 rings (SSSR count). The number of amides is 1. The van der Waals surface area contributed by atoms with Gasteiger partial charge in [-0.15, -0.1) is 0 Å². The molecule has 0 atom stereocenters. The smallest absolute Gasteiger partial charge is 0.258 e. The van der Waals surface area contributed by atoms with Gasteiger partial charge in [0.1, 0.15) is 5.82 Å². The van der Waals surface area contributed by atoms with Crippen LogP contribution in [-0.4, -0.2) is 15.9 Å². The van der Waals surface area contributed by atoms with Crippen LogP contribution in [0.4, 0.5) is 11.5 Å². The van der Waals surface area contributed by atoms with Crippen molar-refractivity contribution in [1.29, 1.82) is 0 Å². The van der Waals surface area contributed by atoms with E-state index in [-0.39, 0.29) is 5.91 Å². The lowest BCUT2D eigenvalue weighted by molar-refractivity contribution is 0.102. The minimum atomic E-state index is -0.226. The number of aromatic nitrogens is 2. The maximum absolute atomic E-state index is 12.0. The van der Waals surface area contributed by atoms with E-state index in [9.17, 15) is 4.79 Å². The molecule has 0 saturated heterocycles. The second kappa shape index (κ2) is 7.37. The molecular formula is C19H18N4O. The summed E-state index contributed by atoms with van der Waals surface area (Å²) < 4.78 is 0. The molecular weight excluding hydrogens is 300 g/mol. The quantitative estimate of drug-likeness (QED) is 0.753. The van der Waals surface area contributed by atoms with Gasteiger partial charge < -0.3 is 10.6 Å². The van der Waals surface area contributed by atoms with Crippen LogP contribution >= 0.6 is 0 Å². The second-order valence-electron chi connectivity index (χ2n) is 5.47.